The SMILES string of the molecule is COc1cc(C(=O)Nc2ccccc2-c2nc3ncccc3[nH]2)ccc1CNCCO. The number of carbonyl (C=O) groups excluding carboxylic acids is 1. The normalized spacial score (nSPS) is 10.9. The number of nitrogens with one attached hydrogen (secondary N) is 3. The molecular weight excluding hydrogens is 394 g/mol. The highest BCUT2D eigenvalue weighted by Crippen LogP contribution is 2.28. The minimum Gasteiger partial charge on any atom is -0.496 e. The van der Waals surface area contributed by atoms with E-state index in [0.717, 1.165) is 16.6 Å². The van der Waals surface area contributed by atoms with Crippen LogP contribution in [0.25, 0.3) is 22.6 Å². The van der Waals surface area contributed by atoms with Gasteiger partial charge in [-0.2, -0.15) is 0 Å². The quantitative estimate of drug-likeness (QED) is 0.328. The lowest BCUT2D eigenvalue weighted by molar-refractivity contribution is 0.102. The highest BCUT2D eigenvalue weighted by Gasteiger charge is 2.15. The van der Waals surface area contributed by atoms with Crippen LogP contribution in [0.5, 0.6) is 5.75 Å². The van der Waals surface area contributed by atoms with Crippen LogP contribution in [0.1, 0.15) is 15.9 Å². The van der Waals surface area contributed by atoms with Crippen LogP contribution in [-0.4, -0.2) is 46.2 Å². The van der Waals surface area contributed by atoms with Gasteiger partial charge in [0.15, 0.2) is 5.65 Å². The van der Waals surface area contributed by atoms with Crippen molar-refractivity contribution < 1.29 is 14.6 Å². The maximum Gasteiger partial charge on any atom is 0.255 e. The van der Waals surface area contributed by atoms with Gasteiger partial charge in [-0.25, -0.2) is 9.97 Å². The van der Waals surface area contributed by atoms with Crippen molar-refractivity contribution in [3.8, 4) is 17.1 Å². The molecule has 0 radical (unpaired) electrons. The highest BCUT2D eigenvalue weighted by atomic mass is 16.5. The van der Waals surface area contributed by atoms with Crippen LogP contribution in [0.15, 0.2) is 60.8 Å². The molecule has 0 fully saturated rings. The number of H-pyrrole nitrogens is 1. The van der Waals surface area contributed by atoms with Gasteiger partial charge < -0.3 is 25.5 Å². The number of methoxy groups -OCH3 is 1. The molecule has 0 unspecified atom stereocenters. The molecule has 8 nitrogen and oxygen atoms in total. The topological polar surface area (TPSA) is 112 Å². The zero-order valence-corrected chi connectivity index (χ0v) is 17.1. The summed E-state index contributed by atoms with van der Waals surface area (Å²) in [6.45, 7) is 1.08. The van der Waals surface area contributed by atoms with Gasteiger partial charge in [-0.15, -0.1) is 0 Å². The van der Waals surface area contributed by atoms with E-state index in [2.05, 4.69) is 25.6 Å². The van der Waals surface area contributed by atoms with E-state index in [1.54, 1.807) is 25.4 Å². The zero-order chi connectivity index (χ0) is 21.6. The second kappa shape index (κ2) is 9.38. The molecule has 2 aromatic heterocycles. The first-order valence-corrected chi connectivity index (χ1v) is 9.89. The standard InChI is InChI=1S/C23H23N5O3/c1-31-20-13-15(8-9-16(20)14-24-11-12-29)23(30)27-18-6-3-2-5-17(18)21-26-19-7-4-10-25-22(19)28-21/h2-10,13,24,29H,11-12,14H2,1H3,(H,27,30)(H,25,26,28). The molecule has 2 heterocycles. The molecule has 0 aliphatic carbocycles. The zero-order valence-electron chi connectivity index (χ0n) is 17.1. The van der Waals surface area contributed by atoms with Crippen LogP contribution >= 0.6 is 0 Å². The van der Waals surface area contributed by atoms with Crippen LogP contribution in [0.2, 0.25) is 0 Å². The maximum absolute atomic E-state index is 13.0. The van der Waals surface area contributed by atoms with E-state index < -0.39 is 0 Å². The number of hydrogen-bond acceptors (Lipinski definition) is 6. The number of amides is 1. The number of aliphatic hydroxyl groups excluding tert-OH is 1. The van der Waals surface area contributed by atoms with Gasteiger partial charge in [0.25, 0.3) is 5.91 Å². The van der Waals surface area contributed by atoms with E-state index in [1.807, 2.05) is 42.5 Å². The Labute approximate surface area is 179 Å². The number of carbonyl (C=O) groups is 1. The maximum atomic E-state index is 13.0. The summed E-state index contributed by atoms with van der Waals surface area (Å²) in [6.07, 6.45) is 1.69. The smallest absolute Gasteiger partial charge is 0.255 e. The Morgan fingerprint density at radius 1 is 1.16 bits per heavy atom. The van der Waals surface area contributed by atoms with Gasteiger partial charge in [0, 0.05) is 36.0 Å². The summed E-state index contributed by atoms with van der Waals surface area (Å²) in [5.41, 5.74) is 4.24. The second-order valence-electron chi connectivity index (χ2n) is 6.89. The van der Waals surface area contributed by atoms with E-state index in [1.165, 1.54) is 0 Å². The van der Waals surface area contributed by atoms with Gasteiger partial charge in [-0.3, -0.25) is 4.79 Å². The first kappa shape index (κ1) is 20.5. The number of benzene rings is 2. The molecule has 2 aromatic carbocycles. The van der Waals surface area contributed by atoms with Gasteiger partial charge in [-0.1, -0.05) is 18.2 Å². The van der Waals surface area contributed by atoms with Crippen molar-refractivity contribution in [3.63, 3.8) is 0 Å². The largest absolute Gasteiger partial charge is 0.496 e. The van der Waals surface area contributed by atoms with E-state index in [0.29, 0.717) is 41.6 Å². The number of fused-ring (bicyclic) bond motifs is 1. The molecule has 0 atom stereocenters. The predicted octanol–water partition coefficient (Wildman–Crippen LogP) is 2.97. The number of aromatic amines is 1. The number of rotatable bonds is 8. The average Bonchev–Trinajstić information content (AvgIpc) is 3.24. The summed E-state index contributed by atoms with van der Waals surface area (Å²) in [5.74, 6) is 0.983. The minimum atomic E-state index is -0.255. The molecule has 0 bridgehead atoms. The molecule has 8 heteroatoms. The van der Waals surface area contributed by atoms with Crippen LogP contribution in [0, 0.1) is 0 Å². The van der Waals surface area contributed by atoms with Crippen molar-refractivity contribution in [2.24, 2.45) is 0 Å². The number of ether oxygens (including phenoxy) is 1. The lowest BCUT2D eigenvalue weighted by Gasteiger charge is -2.13. The summed E-state index contributed by atoms with van der Waals surface area (Å²) < 4.78 is 5.44. The number of nitrogens with zero attached hydrogens (tertiary/aromatic N) is 2. The molecule has 4 aromatic rings. The Morgan fingerprint density at radius 2 is 2.03 bits per heavy atom. The van der Waals surface area contributed by atoms with Crippen LogP contribution < -0.4 is 15.4 Å². The molecule has 0 aliphatic heterocycles. The second-order valence-corrected chi connectivity index (χ2v) is 6.89. The number of para-hydroxylation sites is 1. The van der Waals surface area contributed by atoms with Crippen molar-refractivity contribution in [1.82, 2.24) is 20.3 Å². The highest BCUT2D eigenvalue weighted by molar-refractivity contribution is 6.06. The lowest BCUT2D eigenvalue weighted by Crippen LogP contribution is -2.18. The van der Waals surface area contributed by atoms with Gasteiger partial charge in [0.05, 0.1) is 24.9 Å². The molecule has 1 amide bonds. The third-order valence-corrected chi connectivity index (χ3v) is 4.84. The Bertz CT molecular complexity index is 1170. The summed E-state index contributed by atoms with van der Waals surface area (Å²) in [5, 5.41) is 15.0. The molecule has 0 saturated carbocycles. The van der Waals surface area contributed by atoms with Crippen LogP contribution in [-0.2, 0) is 6.54 Å². The van der Waals surface area contributed by atoms with Gasteiger partial charge >= 0.3 is 0 Å². The van der Waals surface area contributed by atoms with E-state index in [-0.39, 0.29) is 12.5 Å². The lowest BCUT2D eigenvalue weighted by atomic mass is 10.1. The monoisotopic (exact) mass is 417 g/mol. The van der Waals surface area contributed by atoms with Crippen LogP contribution in [0.3, 0.4) is 0 Å². The molecular formula is C23H23N5O3. The Morgan fingerprint density at radius 3 is 2.84 bits per heavy atom. The third-order valence-electron chi connectivity index (χ3n) is 4.84. The molecule has 4 rings (SSSR count). The minimum absolute atomic E-state index is 0.0590. The van der Waals surface area contributed by atoms with Crippen LogP contribution in [0.4, 0.5) is 5.69 Å². The van der Waals surface area contributed by atoms with Crippen molar-refractivity contribution in [3.05, 3.63) is 71.9 Å². The van der Waals surface area contributed by atoms with E-state index >= 15 is 0 Å². The number of anilines is 1. The fourth-order valence-electron chi connectivity index (χ4n) is 3.30. The fraction of sp³-hybridized carbons (Fsp3) is 0.174. The molecule has 31 heavy (non-hydrogen) atoms. The third kappa shape index (κ3) is 4.55. The van der Waals surface area contributed by atoms with Crippen molar-refractivity contribution >= 4 is 22.8 Å². The summed E-state index contributed by atoms with van der Waals surface area (Å²) in [4.78, 5) is 25.0. The molecule has 0 spiro atoms. The first-order valence-electron chi connectivity index (χ1n) is 9.89. The number of hydrogen-bond donors (Lipinski definition) is 4. The number of imidazole rings is 1. The Kier molecular flexibility index (Phi) is 6.21. The van der Waals surface area contributed by atoms with E-state index in [9.17, 15) is 4.79 Å². The van der Waals surface area contributed by atoms with Crippen molar-refractivity contribution in [2.75, 3.05) is 25.6 Å². The Hall–Kier alpha value is -3.75. The number of pyridine rings is 1. The summed E-state index contributed by atoms with van der Waals surface area (Å²) >= 11 is 0. The van der Waals surface area contributed by atoms with E-state index in [4.69, 9.17) is 9.84 Å². The van der Waals surface area contributed by atoms with Crippen molar-refractivity contribution in [1.29, 1.82) is 0 Å². The Balaban J connectivity index is 1.58. The molecule has 0 saturated heterocycles. The van der Waals surface area contributed by atoms with Gasteiger partial charge in [0.1, 0.15) is 11.6 Å². The molecule has 158 valence electrons. The average molecular weight is 417 g/mol. The number of aliphatic hydroxyl groups is 1. The first-order chi connectivity index (χ1) is 15.2. The molecule has 0 aliphatic rings. The van der Waals surface area contributed by atoms with Gasteiger partial charge in [-0.05, 0) is 36.4 Å². The predicted molar refractivity (Wildman–Crippen MR) is 119 cm³/mol. The van der Waals surface area contributed by atoms with Crippen molar-refractivity contribution in [2.45, 2.75) is 6.54 Å². The number of aromatic nitrogens is 3. The summed E-state index contributed by atoms with van der Waals surface area (Å²) in [7, 11) is 1.57. The van der Waals surface area contributed by atoms with Gasteiger partial charge in [0.2, 0.25) is 0 Å². The summed E-state index contributed by atoms with van der Waals surface area (Å²) in [6, 6.07) is 16.5. The fourth-order valence-corrected chi connectivity index (χ4v) is 3.30. The molecule has 4 N–H and O–H groups in total.